The number of anilines is 1. The first-order valence-corrected chi connectivity index (χ1v) is 6.99. The molecule has 21 heavy (non-hydrogen) atoms. The van der Waals surface area contributed by atoms with Gasteiger partial charge in [-0.15, -0.1) is 0 Å². The SMILES string of the molecule is CCn1cc(C2CN=C(N)N2c2ccccc2OC)cn1. The second-order valence-electron chi connectivity index (χ2n) is 4.89. The summed E-state index contributed by atoms with van der Waals surface area (Å²) in [5, 5.41) is 4.34. The molecule has 6 nitrogen and oxygen atoms in total. The highest BCUT2D eigenvalue weighted by atomic mass is 16.5. The number of nitrogens with zero attached hydrogens (tertiary/aromatic N) is 4. The van der Waals surface area contributed by atoms with Crippen molar-refractivity contribution in [3.63, 3.8) is 0 Å². The molecule has 0 aliphatic carbocycles. The third-order valence-corrected chi connectivity index (χ3v) is 3.69. The maximum Gasteiger partial charge on any atom is 0.196 e. The van der Waals surface area contributed by atoms with Gasteiger partial charge in [0.05, 0.1) is 31.6 Å². The molecule has 110 valence electrons. The normalized spacial score (nSPS) is 17.9. The summed E-state index contributed by atoms with van der Waals surface area (Å²) in [6, 6.07) is 7.88. The van der Waals surface area contributed by atoms with Crippen LogP contribution >= 0.6 is 0 Å². The summed E-state index contributed by atoms with van der Waals surface area (Å²) in [6.07, 6.45) is 3.92. The van der Waals surface area contributed by atoms with Crippen LogP contribution in [0.15, 0.2) is 41.7 Å². The van der Waals surface area contributed by atoms with Crippen LogP contribution in [-0.2, 0) is 6.54 Å². The number of hydrogen-bond acceptors (Lipinski definition) is 5. The molecule has 1 atom stereocenters. The van der Waals surface area contributed by atoms with Crippen LogP contribution in [-0.4, -0.2) is 29.4 Å². The van der Waals surface area contributed by atoms with E-state index < -0.39 is 0 Å². The Morgan fingerprint density at radius 2 is 2.19 bits per heavy atom. The molecule has 0 spiro atoms. The van der Waals surface area contributed by atoms with Gasteiger partial charge in [0.25, 0.3) is 0 Å². The summed E-state index contributed by atoms with van der Waals surface area (Å²) in [4.78, 5) is 6.40. The number of ether oxygens (including phenoxy) is 1. The smallest absolute Gasteiger partial charge is 0.196 e. The molecule has 0 fully saturated rings. The van der Waals surface area contributed by atoms with E-state index in [0.717, 1.165) is 23.5 Å². The Kier molecular flexibility index (Phi) is 3.51. The fraction of sp³-hybridized carbons (Fsp3) is 0.333. The molecule has 1 aliphatic heterocycles. The highest BCUT2D eigenvalue weighted by molar-refractivity contribution is 5.98. The third-order valence-electron chi connectivity index (χ3n) is 3.69. The Labute approximate surface area is 123 Å². The number of aromatic nitrogens is 2. The van der Waals surface area contributed by atoms with Crippen LogP contribution in [0.25, 0.3) is 0 Å². The average molecular weight is 285 g/mol. The number of para-hydroxylation sites is 2. The fourth-order valence-electron chi connectivity index (χ4n) is 2.60. The number of aliphatic imine (C=N–C) groups is 1. The number of aryl methyl sites for hydroxylation is 1. The van der Waals surface area contributed by atoms with Crippen molar-refractivity contribution in [3.8, 4) is 5.75 Å². The Morgan fingerprint density at radius 3 is 2.90 bits per heavy atom. The molecule has 1 aliphatic rings. The second kappa shape index (κ2) is 5.47. The number of guanidine groups is 1. The van der Waals surface area contributed by atoms with Gasteiger partial charge in [0.15, 0.2) is 5.96 Å². The van der Waals surface area contributed by atoms with Gasteiger partial charge >= 0.3 is 0 Å². The second-order valence-corrected chi connectivity index (χ2v) is 4.89. The number of rotatable bonds is 4. The van der Waals surface area contributed by atoms with E-state index in [-0.39, 0.29) is 6.04 Å². The molecule has 0 saturated heterocycles. The monoisotopic (exact) mass is 285 g/mol. The van der Waals surface area contributed by atoms with Crippen molar-refractivity contribution in [2.75, 3.05) is 18.6 Å². The van der Waals surface area contributed by atoms with Gasteiger partial charge in [-0.05, 0) is 19.1 Å². The van der Waals surface area contributed by atoms with Gasteiger partial charge in [-0.3, -0.25) is 14.6 Å². The molecule has 2 aromatic rings. The first kappa shape index (κ1) is 13.5. The highest BCUT2D eigenvalue weighted by Crippen LogP contribution is 2.36. The predicted octanol–water partition coefficient (Wildman–Crippen LogP) is 1.79. The third kappa shape index (κ3) is 2.33. The van der Waals surface area contributed by atoms with Crippen molar-refractivity contribution < 1.29 is 4.74 Å². The van der Waals surface area contributed by atoms with Crippen LogP contribution in [0.2, 0.25) is 0 Å². The van der Waals surface area contributed by atoms with Crippen molar-refractivity contribution in [2.24, 2.45) is 10.7 Å². The van der Waals surface area contributed by atoms with Crippen molar-refractivity contribution in [2.45, 2.75) is 19.5 Å². The van der Waals surface area contributed by atoms with E-state index in [4.69, 9.17) is 10.5 Å². The van der Waals surface area contributed by atoms with E-state index in [9.17, 15) is 0 Å². The minimum atomic E-state index is 0.0570. The zero-order valence-electron chi connectivity index (χ0n) is 12.2. The number of benzene rings is 1. The fourth-order valence-corrected chi connectivity index (χ4v) is 2.60. The number of methoxy groups -OCH3 is 1. The number of nitrogens with two attached hydrogens (primary N) is 1. The maximum absolute atomic E-state index is 6.09. The minimum Gasteiger partial charge on any atom is -0.495 e. The van der Waals surface area contributed by atoms with E-state index in [0.29, 0.717) is 12.5 Å². The summed E-state index contributed by atoms with van der Waals surface area (Å²) in [5.74, 6) is 1.29. The van der Waals surface area contributed by atoms with Gasteiger partial charge < -0.3 is 10.5 Å². The molecule has 0 radical (unpaired) electrons. The van der Waals surface area contributed by atoms with Crippen LogP contribution in [0, 0.1) is 0 Å². The van der Waals surface area contributed by atoms with E-state index in [2.05, 4.69) is 17.0 Å². The van der Waals surface area contributed by atoms with Crippen LogP contribution in [0.5, 0.6) is 5.75 Å². The molecular weight excluding hydrogens is 266 g/mol. The highest BCUT2D eigenvalue weighted by Gasteiger charge is 2.31. The zero-order valence-corrected chi connectivity index (χ0v) is 12.2. The molecular formula is C15H19N5O. The molecule has 1 aromatic heterocycles. The lowest BCUT2D eigenvalue weighted by atomic mass is 10.1. The largest absolute Gasteiger partial charge is 0.495 e. The lowest BCUT2D eigenvalue weighted by Gasteiger charge is -2.27. The standard InChI is InChI=1S/C15H19N5O/c1-3-19-10-11(8-18-19)13-9-17-15(16)20(13)12-6-4-5-7-14(12)21-2/h4-8,10,13H,3,9H2,1-2H3,(H2,16,17). The summed E-state index contributed by atoms with van der Waals surface area (Å²) < 4.78 is 7.35. The lowest BCUT2D eigenvalue weighted by molar-refractivity contribution is 0.415. The molecule has 1 aromatic carbocycles. The van der Waals surface area contributed by atoms with Gasteiger partial charge in [-0.1, -0.05) is 12.1 Å². The van der Waals surface area contributed by atoms with Gasteiger partial charge in [0, 0.05) is 18.3 Å². The van der Waals surface area contributed by atoms with Crippen LogP contribution in [0.1, 0.15) is 18.5 Å². The van der Waals surface area contributed by atoms with E-state index in [1.54, 1.807) is 7.11 Å². The minimum absolute atomic E-state index is 0.0570. The molecule has 2 heterocycles. The summed E-state index contributed by atoms with van der Waals surface area (Å²) in [6.45, 7) is 3.53. The topological polar surface area (TPSA) is 68.7 Å². The predicted molar refractivity (Wildman–Crippen MR) is 82.6 cm³/mol. The Morgan fingerprint density at radius 1 is 1.38 bits per heavy atom. The Hall–Kier alpha value is -2.50. The van der Waals surface area contributed by atoms with E-state index >= 15 is 0 Å². The van der Waals surface area contributed by atoms with Crippen LogP contribution in [0.3, 0.4) is 0 Å². The number of hydrogen-bond donors (Lipinski definition) is 1. The molecule has 0 bridgehead atoms. The van der Waals surface area contributed by atoms with Crippen molar-refractivity contribution in [3.05, 3.63) is 42.2 Å². The van der Waals surface area contributed by atoms with Crippen LogP contribution in [0.4, 0.5) is 5.69 Å². The van der Waals surface area contributed by atoms with E-state index in [1.807, 2.05) is 46.2 Å². The molecule has 2 N–H and O–H groups in total. The molecule has 1 unspecified atom stereocenters. The zero-order chi connectivity index (χ0) is 14.8. The summed E-state index contributed by atoms with van der Waals surface area (Å²) >= 11 is 0. The van der Waals surface area contributed by atoms with E-state index in [1.165, 1.54) is 0 Å². The molecule has 3 rings (SSSR count). The summed E-state index contributed by atoms with van der Waals surface area (Å²) in [5.41, 5.74) is 8.12. The molecule has 0 amide bonds. The lowest BCUT2D eigenvalue weighted by Crippen LogP contribution is -2.36. The summed E-state index contributed by atoms with van der Waals surface area (Å²) in [7, 11) is 1.66. The van der Waals surface area contributed by atoms with Crippen molar-refractivity contribution >= 4 is 11.6 Å². The van der Waals surface area contributed by atoms with Gasteiger partial charge in [-0.25, -0.2) is 0 Å². The first-order chi connectivity index (χ1) is 10.2. The quantitative estimate of drug-likeness (QED) is 0.930. The van der Waals surface area contributed by atoms with Gasteiger partial charge in [0.1, 0.15) is 5.75 Å². The Balaban J connectivity index is 1.99. The van der Waals surface area contributed by atoms with Crippen molar-refractivity contribution in [1.29, 1.82) is 0 Å². The Bertz CT molecular complexity index is 664. The molecule has 0 saturated carbocycles. The first-order valence-electron chi connectivity index (χ1n) is 6.99. The average Bonchev–Trinajstić information content (AvgIpc) is 3.13. The van der Waals surface area contributed by atoms with Gasteiger partial charge in [0.2, 0.25) is 0 Å². The van der Waals surface area contributed by atoms with Crippen LogP contribution < -0.4 is 15.4 Å². The maximum atomic E-state index is 6.09. The van der Waals surface area contributed by atoms with Crippen molar-refractivity contribution in [1.82, 2.24) is 9.78 Å². The van der Waals surface area contributed by atoms with Gasteiger partial charge in [-0.2, -0.15) is 5.10 Å². The molecule has 6 heteroatoms.